The van der Waals surface area contributed by atoms with E-state index in [1.807, 2.05) is 7.05 Å². The van der Waals surface area contributed by atoms with Gasteiger partial charge in [0.2, 0.25) is 0 Å². The van der Waals surface area contributed by atoms with Gasteiger partial charge in [-0.3, -0.25) is 9.88 Å². The number of piperidine rings is 1. The van der Waals surface area contributed by atoms with Crippen molar-refractivity contribution in [1.82, 2.24) is 15.2 Å². The standard InChI is InChI=1S/C14H22FN3/c1-11(13-6-14(15)9-17-8-13)18-5-3-4-12(10-18)7-16-2/h6,8-9,11-12,16H,3-5,7,10H2,1-2H3. The number of hydrogen-bond acceptors (Lipinski definition) is 3. The Morgan fingerprint density at radius 1 is 1.56 bits per heavy atom. The summed E-state index contributed by atoms with van der Waals surface area (Å²) in [6, 6.07) is 1.84. The van der Waals surface area contributed by atoms with E-state index in [0.29, 0.717) is 5.92 Å². The van der Waals surface area contributed by atoms with E-state index in [-0.39, 0.29) is 11.9 Å². The number of halogens is 1. The van der Waals surface area contributed by atoms with Crippen LogP contribution >= 0.6 is 0 Å². The SMILES string of the molecule is CNCC1CCCN(C(C)c2cncc(F)c2)C1. The maximum Gasteiger partial charge on any atom is 0.141 e. The van der Waals surface area contributed by atoms with E-state index < -0.39 is 0 Å². The van der Waals surface area contributed by atoms with E-state index in [0.717, 1.165) is 25.2 Å². The number of pyridine rings is 1. The molecule has 1 saturated heterocycles. The lowest BCUT2D eigenvalue weighted by molar-refractivity contribution is 0.131. The highest BCUT2D eigenvalue weighted by molar-refractivity contribution is 5.14. The summed E-state index contributed by atoms with van der Waals surface area (Å²) in [5.74, 6) is 0.454. The fraction of sp³-hybridized carbons (Fsp3) is 0.643. The predicted octanol–water partition coefficient (Wildman–Crippen LogP) is 2.21. The molecule has 0 saturated carbocycles. The lowest BCUT2D eigenvalue weighted by Gasteiger charge is -2.36. The molecule has 1 aromatic heterocycles. The molecule has 1 fully saturated rings. The highest BCUT2D eigenvalue weighted by Gasteiger charge is 2.24. The van der Waals surface area contributed by atoms with Crippen LogP contribution in [-0.4, -0.2) is 36.6 Å². The second kappa shape index (κ2) is 6.25. The smallest absolute Gasteiger partial charge is 0.141 e. The molecular formula is C14H22FN3. The third-order valence-corrected chi connectivity index (χ3v) is 3.80. The number of nitrogens with one attached hydrogen (secondary N) is 1. The van der Waals surface area contributed by atoms with Gasteiger partial charge in [-0.15, -0.1) is 0 Å². The van der Waals surface area contributed by atoms with Gasteiger partial charge in [0.1, 0.15) is 5.82 Å². The van der Waals surface area contributed by atoms with Gasteiger partial charge in [-0.2, -0.15) is 0 Å². The molecule has 0 aliphatic carbocycles. The van der Waals surface area contributed by atoms with E-state index in [9.17, 15) is 4.39 Å². The highest BCUT2D eigenvalue weighted by Crippen LogP contribution is 2.26. The molecule has 4 heteroatoms. The summed E-state index contributed by atoms with van der Waals surface area (Å²) < 4.78 is 13.2. The normalized spacial score (nSPS) is 22.9. The van der Waals surface area contributed by atoms with Gasteiger partial charge in [-0.05, 0) is 57.5 Å². The summed E-state index contributed by atoms with van der Waals surface area (Å²) in [5.41, 5.74) is 0.972. The van der Waals surface area contributed by atoms with Crippen molar-refractivity contribution < 1.29 is 4.39 Å². The molecule has 1 N–H and O–H groups in total. The average Bonchev–Trinajstić information content (AvgIpc) is 2.39. The minimum atomic E-state index is -0.247. The molecule has 2 heterocycles. The molecular weight excluding hydrogens is 229 g/mol. The zero-order valence-corrected chi connectivity index (χ0v) is 11.2. The molecule has 0 spiro atoms. The summed E-state index contributed by atoms with van der Waals surface area (Å²) in [7, 11) is 2.00. The molecule has 2 unspecified atom stereocenters. The minimum absolute atomic E-state index is 0.243. The van der Waals surface area contributed by atoms with Gasteiger partial charge < -0.3 is 5.32 Å². The molecule has 0 amide bonds. The Labute approximate surface area is 108 Å². The zero-order valence-electron chi connectivity index (χ0n) is 11.2. The first-order chi connectivity index (χ1) is 8.70. The van der Waals surface area contributed by atoms with Gasteiger partial charge in [0.05, 0.1) is 6.20 Å². The molecule has 2 rings (SSSR count). The number of hydrogen-bond donors (Lipinski definition) is 1. The van der Waals surface area contributed by atoms with E-state index >= 15 is 0 Å². The molecule has 1 aliphatic heterocycles. The summed E-state index contributed by atoms with van der Waals surface area (Å²) in [6.07, 6.45) is 5.54. The van der Waals surface area contributed by atoms with Crippen LogP contribution in [0.25, 0.3) is 0 Å². The first kappa shape index (κ1) is 13.4. The van der Waals surface area contributed by atoms with Crippen molar-refractivity contribution >= 4 is 0 Å². The summed E-state index contributed by atoms with van der Waals surface area (Å²) in [5, 5.41) is 3.25. The van der Waals surface area contributed by atoms with Gasteiger partial charge in [-0.1, -0.05) is 0 Å². The third-order valence-electron chi connectivity index (χ3n) is 3.80. The molecule has 2 atom stereocenters. The molecule has 0 bridgehead atoms. The van der Waals surface area contributed by atoms with Crippen LogP contribution in [0.5, 0.6) is 0 Å². The van der Waals surface area contributed by atoms with Crippen molar-refractivity contribution in [2.75, 3.05) is 26.7 Å². The second-order valence-electron chi connectivity index (χ2n) is 5.17. The number of likely N-dealkylation sites (tertiary alicyclic amines) is 1. The summed E-state index contributed by atoms with van der Waals surface area (Å²) in [6.45, 7) is 5.37. The number of aromatic nitrogens is 1. The fourth-order valence-corrected chi connectivity index (χ4v) is 2.77. The lowest BCUT2D eigenvalue weighted by atomic mass is 9.95. The Hall–Kier alpha value is -1.00. The van der Waals surface area contributed by atoms with Crippen LogP contribution in [-0.2, 0) is 0 Å². The molecule has 1 aliphatic rings. The quantitative estimate of drug-likeness (QED) is 0.889. The van der Waals surface area contributed by atoms with Gasteiger partial charge in [0.25, 0.3) is 0 Å². The molecule has 100 valence electrons. The van der Waals surface area contributed by atoms with Crippen molar-refractivity contribution in [2.45, 2.75) is 25.8 Å². The Morgan fingerprint density at radius 3 is 3.11 bits per heavy atom. The molecule has 1 aromatic rings. The van der Waals surface area contributed by atoms with Crippen LogP contribution < -0.4 is 5.32 Å². The van der Waals surface area contributed by atoms with Gasteiger partial charge >= 0.3 is 0 Å². The Morgan fingerprint density at radius 2 is 2.39 bits per heavy atom. The lowest BCUT2D eigenvalue weighted by Crippen LogP contribution is -2.40. The van der Waals surface area contributed by atoms with Crippen molar-refractivity contribution in [2.24, 2.45) is 5.92 Å². The van der Waals surface area contributed by atoms with Crippen LogP contribution in [0.15, 0.2) is 18.5 Å². The molecule has 18 heavy (non-hydrogen) atoms. The van der Waals surface area contributed by atoms with Crippen molar-refractivity contribution in [3.63, 3.8) is 0 Å². The van der Waals surface area contributed by atoms with Crippen LogP contribution in [0.4, 0.5) is 4.39 Å². The van der Waals surface area contributed by atoms with Crippen LogP contribution in [0.1, 0.15) is 31.4 Å². The Balaban J connectivity index is 2.02. The number of nitrogens with zero attached hydrogens (tertiary/aromatic N) is 2. The van der Waals surface area contributed by atoms with Gasteiger partial charge in [0, 0.05) is 18.8 Å². The highest BCUT2D eigenvalue weighted by atomic mass is 19.1. The largest absolute Gasteiger partial charge is 0.319 e. The zero-order chi connectivity index (χ0) is 13.0. The van der Waals surface area contributed by atoms with E-state index in [2.05, 4.69) is 22.1 Å². The maximum absolute atomic E-state index is 13.2. The van der Waals surface area contributed by atoms with Crippen molar-refractivity contribution in [3.8, 4) is 0 Å². The Kier molecular flexibility index (Phi) is 4.66. The second-order valence-corrected chi connectivity index (χ2v) is 5.17. The topological polar surface area (TPSA) is 28.2 Å². The molecule has 0 radical (unpaired) electrons. The minimum Gasteiger partial charge on any atom is -0.319 e. The first-order valence-electron chi connectivity index (χ1n) is 6.70. The monoisotopic (exact) mass is 251 g/mol. The first-order valence-corrected chi connectivity index (χ1v) is 6.70. The van der Waals surface area contributed by atoms with E-state index in [4.69, 9.17) is 0 Å². The van der Waals surface area contributed by atoms with E-state index in [1.54, 1.807) is 12.3 Å². The summed E-state index contributed by atoms with van der Waals surface area (Å²) in [4.78, 5) is 6.37. The van der Waals surface area contributed by atoms with E-state index in [1.165, 1.54) is 19.0 Å². The fourth-order valence-electron chi connectivity index (χ4n) is 2.77. The van der Waals surface area contributed by atoms with Crippen molar-refractivity contribution in [3.05, 3.63) is 29.8 Å². The van der Waals surface area contributed by atoms with Crippen molar-refractivity contribution in [1.29, 1.82) is 0 Å². The third kappa shape index (κ3) is 3.27. The van der Waals surface area contributed by atoms with Crippen LogP contribution in [0.2, 0.25) is 0 Å². The molecule has 0 aromatic carbocycles. The predicted molar refractivity (Wildman–Crippen MR) is 70.8 cm³/mol. The van der Waals surface area contributed by atoms with Crippen LogP contribution in [0.3, 0.4) is 0 Å². The maximum atomic E-state index is 13.2. The van der Waals surface area contributed by atoms with Gasteiger partial charge in [0.15, 0.2) is 0 Å². The molecule has 3 nitrogen and oxygen atoms in total. The summed E-state index contributed by atoms with van der Waals surface area (Å²) >= 11 is 0. The number of rotatable bonds is 4. The van der Waals surface area contributed by atoms with Gasteiger partial charge in [-0.25, -0.2) is 4.39 Å². The Bertz CT molecular complexity index is 381. The average molecular weight is 251 g/mol. The van der Waals surface area contributed by atoms with Crippen LogP contribution in [0, 0.1) is 11.7 Å².